The molecule has 0 amide bonds. The lowest BCUT2D eigenvalue weighted by Crippen LogP contribution is -2.02. The van der Waals surface area contributed by atoms with Crippen LogP contribution in [0.25, 0.3) is 0 Å². The smallest absolute Gasteiger partial charge is 0.135 e. The number of rotatable bonds is 2. The minimum Gasteiger partial charge on any atom is -0.253 e. The second kappa shape index (κ2) is 5.40. The number of hydrogen-bond donors (Lipinski definition) is 0. The van der Waals surface area contributed by atoms with Gasteiger partial charge >= 0.3 is 0 Å². The van der Waals surface area contributed by atoms with E-state index >= 15 is 0 Å². The van der Waals surface area contributed by atoms with Crippen molar-refractivity contribution in [2.75, 3.05) is 0 Å². The van der Waals surface area contributed by atoms with Crippen LogP contribution in [-0.4, -0.2) is 5.71 Å². The van der Waals surface area contributed by atoms with Crippen LogP contribution >= 0.6 is 15.9 Å². The molecule has 2 aromatic carbocycles. The highest BCUT2D eigenvalue weighted by Gasteiger charge is 2.11. The summed E-state index contributed by atoms with van der Waals surface area (Å²) in [5, 5.41) is 0. The molecule has 4 heteroatoms. The average molecular weight is 310 g/mol. The highest BCUT2D eigenvalue weighted by Crippen LogP contribution is 2.20. The molecular weight excluding hydrogens is 300 g/mol. The van der Waals surface area contributed by atoms with Crippen LogP contribution in [0, 0.1) is 11.6 Å². The number of nitrogens with zero attached hydrogens (tertiary/aromatic N) is 1. The number of benzene rings is 2. The zero-order valence-corrected chi connectivity index (χ0v) is 11.2. The van der Waals surface area contributed by atoms with Crippen molar-refractivity contribution in [3.63, 3.8) is 0 Å². The maximum Gasteiger partial charge on any atom is 0.135 e. The van der Waals surface area contributed by atoms with Crippen molar-refractivity contribution in [1.82, 2.24) is 0 Å². The van der Waals surface area contributed by atoms with E-state index in [2.05, 4.69) is 20.9 Å². The predicted molar refractivity (Wildman–Crippen MR) is 72.4 cm³/mol. The van der Waals surface area contributed by atoms with Gasteiger partial charge in [-0.1, -0.05) is 22.0 Å². The Morgan fingerprint density at radius 1 is 1.00 bits per heavy atom. The minimum atomic E-state index is -0.603. The van der Waals surface area contributed by atoms with E-state index in [4.69, 9.17) is 0 Å². The Morgan fingerprint density at radius 3 is 2.11 bits per heavy atom. The van der Waals surface area contributed by atoms with Gasteiger partial charge in [0.15, 0.2) is 0 Å². The van der Waals surface area contributed by atoms with Gasteiger partial charge in [0.05, 0.1) is 17.0 Å². The van der Waals surface area contributed by atoms with E-state index in [1.165, 1.54) is 18.2 Å². The predicted octanol–water partition coefficient (Wildman–Crippen LogP) is 4.87. The maximum absolute atomic E-state index is 13.5. The van der Waals surface area contributed by atoms with Crippen molar-refractivity contribution in [3.8, 4) is 0 Å². The van der Waals surface area contributed by atoms with Crippen molar-refractivity contribution >= 4 is 27.3 Å². The summed E-state index contributed by atoms with van der Waals surface area (Å²) in [5.74, 6) is -1.21. The van der Waals surface area contributed by atoms with Crippen LogP contribution in [-0.2, 0) is 0 Å². The molecule has 92 valence electrons. The van der Waals surface area contributed by atoms with Crippen LogP contribution in [0.15, 0.2) is 51.9 Å². The fourth-order valence-electron chi connectivity index (χ4n) is 1.61. The zero-order chi connectivity index (χ0) is 13.1. The van der Waals surface area contributed by atoms with E-state index < -0.39 is 11.6 Å². The third-order valence-electron chi connectivity index (χ3n) is 2.45. The lowest BCUT2D eigenvalue weighted by atomic mass is 10.1. The number of halogens is 3. The van der Waals surface area contributed by atoms with Crippen molar-refractivity contribution in [2.24, 2.45) is 4.99 Å². The van der Waals surface area contributed by atoms with Crippen LogP contribution in [0.2, 0.25) is 0 Å². The molecule has 0 heterocycles. The summed E-state index contributed by atoms with van der Waals surface area (Å²) in [6, 6.07) is 11.0. The molecule has 0 aliphatic rings. The molecule has 0 unspecified atom stereocenters. The summed E-state index contributed by atoms with van der Waals surface area (Å²) in [5.41, 5.74) is 0.881. The molecule has 0 aliphatic carbocycles. The van der Waals surface area contributed by atoms with Gasteiger partial charge in [-0.15, -0.1) is 0 Å². The van der Waals surface area contributed by atoms with Crippen molar-refractivity contribution in [3.05, 3.63) is 64.1 Å². The number of hydrogen-bond acceptors (Lipinski definition) is 1. The molecule has 0 aromatic heterocycles. The van der Waals surface area contributed by atoms with Gasteiger partial charge in [0.25, 0.3) is 0 Å². The maximum atomic E-state index is 13.5. The molecule has 0 saturated carbocycles. The SMILES string of the molecule is CC(=Nc1ccc(Br)cc1)c1c(F)cccc1F. The summed E-state index contributed by atoms with van der Waals surface area (Å²) >= 11 is 3.31. The van der Waals surface area contributed by atoms with Crippen molar-refractivity contribution < 1.29 is 8.78 Å². The average Bonchev–Trinajstić information content (AvgIpc) is 2.32. The monoisotopic (exact) mass is 309 g/mol. The minimum absolute atomic E-state index is 0.0829. The highest BCUT2D eigenvalue weighted by atomic mass is 79.9. The second-order valence-electron chi connectivity index (χ2n) is 3.77. The van der Waals surface area contributed by atoms with Gasteiger partial charge in [0.1, 0.15) is 11.6 Å². The Kier molecular flexibility index (Phi) is 3.87. The molecule has 0 N–H and O–H groups in total. The summed E-state index contributed by atoms with van der Waals surface area (Å²) in [4.78, 5) is 4.21. The molecule has 2 aromatic rings. The Hall–Kier alpha value is -1.55. The fraction of sp³-hybridized carbons (Fsp3) is 0.0714. The summed E-state index contributed by atoms with van der Waals surface area (Å²) < 4.78 is 28.0. The molecule has 0 aliphatic heterocycles. The molecule has 0 radical (unpaired) electrons. The third-order valence-corrected chi connectivity index (χ3v) is 2.98. The third kappa shape index (κ3) is 2.82. The summed E-state index contributed by atoms with van der Waals surface area (Å²) in [6.07, 6.45) is 0. The molecule has 0 saturated heterocycles. The van der Waals surface area contributed by atoms with Gasteiger partial charge < -0.3 is 0 Å². The summed E-state index contributed by atoms with van der Waals surface area (Å²) in [6.45, 7) is 1.59. The molecular formula is C14H10BrF2N. The molecule has 0 spiro atoms. The van der Waals surface area contributed by atoms with E-state index in [1.807, 2.05) is 12.1 Å². The van der Waals surface area contributed by atoms with Crippen LogP contribution < -0.4 is 0 Å². The molecule has 0 bridgehead atoms. The largest absolute Gasteiger partial charge is 0.253 e. The van der Waals surface area contributed by atoms with E-state index in [0.29, 0.717) is 11.4 Å². The number of aliphatic imine (C=N–C) groups is 1. The van der Waals surface area contributed by atoms with Crippen molar-refractivity contribution in [2.45, 2.75) is 6.92 Å². The molecule has 0 atom stereocenters. The first-order valence-corrected chi connectivity index (χ1v) is 6.12. The standard InChI is InChI=1S/C14H10BrF2N/c1-9(14-12(16)3-2-4-13(14)17)18-11-7-5-10(15)6-8-11/h2-8H,1H3. The zero-order valence-electron chi connectivity index (χ0n) is 9.62. The van der Waals surface area contributed by atoms with Crippen LogP contribution in [0.3, 0.4) is 0 Å². The van der Waals surface area contributed by atoms with Gasteiger partial charge in [0.2, 0.25) is 0 Å². The fourth-order valence-corrected chi connectivity index (χ4v) is 1.87. The van der Waals surface area contributed by atoms with Gasteiger partial charge in [-0.05, 0) is 43.3 Å². The van der Waals surface area contributed by atoms with Gasteiger partial charge in [-0.3, -0.25) is 4.99 Å². The molecule has 0 fully saturated rings. The van der Waals surface area contributed by atoms with Crippen LogP contribution in [0.1, 0.15) is 12.5 Å². The first-order valence-electron chi connectivity index (χ1n) is 5.33. The van der Waals surface area contributed by atoms with E-state index in [9.17, 15) is 8.78 Å². The molecule has 1 nitrogen and oxygen atoms in total. The first-order chi connectivity index (χ1) is 8.58. The lowest BCUT2D eigenvalue weighted by Gasteiger charge is -2.04. The summed E-state index contributed by atoms with van der Waals surface area (Å²) in [7, 11) is 0. The quantitative estimate of drug-likeness (QED) is 0.702. The topological polar surface area (TPSA) is 12.4 Å². The van der Waals surface area contributed by atoms with E-state index in [0.717, 1.165) is 4.47 Å². The van der Waals surface area contributed by atoms with Gasteiger partial charge in [-0.25, -0.2) is 8.78 Å². The van der Waals surface area contributed by atoms with Crippen LogP contribution in [0.4, 0.5) is 14.5 Å². The van der Waals surface area contributed by atoms with E-state index in [-0.39, 0.29) is 5.56 Å². The van der Waals surface area contributed by atoms with Crippen LogP contribution in [0.5, 0.6) is 0 Å². The molecule has 2 rings (SSSR count). The Balaban J connectivity index is 2.42. The Labute approximate surface area is 112 Å². The lowest BCUT2D eigenvalue weighted by molar-refractivity contribution is 0.579. The van der Waals surface area contributed by atoms with E-state index in [1.54, 1.807) is 19.1 Å². The first kappa shape index (κ1) is 12.9. The van der Waals surface area contributed by atoms with Gasteiger partial charge in [0, 0.05) is 4.47 Å². The normalized spacial score (nSPS) is 11.7. The Bertz CT molecular complexity index is 571. The van der Waals surface area contributed by atoms with Crippen molar-refractivity contribution in [1.29, 1.82) is 0 Å². The van der Waals surface area contributed by atoms with Gasteiger partial charge in [-0.2, -0.15) is 0 Å². The highest BCUT2D eigenvalue weighted by molar-refractivity contribution is 9.10. The molecule has 18 heavy (non-hydrogen) atoms. The second-order valence-corrected chi connectivity index (χ2v) is 4.69. The Morgan fingerprint density at radius 2 is 1.56 bits per heavy atom.